The molecule has 1 amide bonds. The lowest BCUT2D eigenvalue weighted by Crippen LogP contribution is -2.29. The normalized spacial score (nSPS) is 12.5. The number of aromatic nitrogens is 2. The number of carbonyl (C=O) groups is 1. The van der Waals surface area contributed by atoms with Crippen molar-refractivity contribution in [1.29, 1.82) is 0 Å². The molecule has 5 heteroatoms. The van der Waals surface area contributed by atoms with E-state index in [1.807, 2.05) is 20.9 Å². The lowest BCUT2D eigenvalue weighted by molar-refractivity contribution is 0.0946. The molecule has 1 rings (SSSR count). The van der Waals surface area contributed by atoms with E-state index in [9.17, 15) is 4.79 Å². The lowest BCUT2D eigenvalue weighted by atomic mass is 10.1. The number of aryl methyl sites for hydroxylation is 2. The van der Waals surface area contributed by atoms with Gasteiger partial charge in [0.05, 0.1) is 11.3 Å². The zero-order valence-corrected chi connectivity index (χ0v) is 11.1. The van der Waals surface area contributed by atoms with E-state index in [0.717, 1.165) is 17.8 Å². The molecule has 0 aliphatic carbocycles. The highest BCUT2D eigenvalue weighted by atomic mass is 16.1. The van der Waals surface area contributed by atoms with Crippen molar-refractivity contribution in [3.05, 3.63) is 17.0 Å². The smallest absolute Gasteiger partial charge is 0.255 e. The number of nitrogens with zero attached hydrogens (tertiary/aromatic N) is 2. The number of carbonyl (C=O) groups excluding carboxylic acids is 1. The van der Waals surface area contributed by atoms with Gasteiger partial charge in [0.1, 0.15) is 0 Å². The maximum atomic E-state index is 12.0. The third-order valence-electron chi connectivity index (χ3n) is 3.01. The molecule has 0 aliphatic rings. The average molecular weight is 238 g/mol. The molecule has 0 aliphatic heterocycles. The van der Waals surface area contributed by atoms with Crippen molar-refractivity contribution in [3.8, 4) is 0 Å². The van der Waals surface area contributed by atoms with Gasteiger partial charge < -0.3 is 11.1 Å². The van der Waals surface area contributed by atoms with Crippen LogP contribution in [0.3, 0.4) is 0 Å². The van der Waals surface area contributed by atoms with Crippen LogP contribution in [-0.2, 0) is 7.05 Å². The molecule has 5 nitrogen and oxygen atoms in total. The maximum Gasteiger partial charge on any atom is 0.255 e. The highest BCUT2D eigenvalue weighted by molar-refractivity contribution is 5.96. The van der Waals surface area contributed by atoms with Gasteiger partial charge in [-0.3, -0.25) is 9.48 Å². The van der Waals surface area contributed by atoms with Gasteiger partial charge in [-0.1, -0.05) is 6.92 Å². The SMILES string of the molecule is Cc1nn(C)c(C)c1C(=O)NCC(C)CCN. The van der Waals surface area contributed by atoms with E-state index < -0.39 is 0 Å². The van der Waals surface area contributed by atoms with Crippen LogP contribution < -0.4 is 11.1 Å². The van der Waals surface area contributed by atoms with Crippen molar-refractivity contribution < 1.29 is 4.79 Å². The Balaban J connectivity index is 2.64. The van der Waals surface area contributed by atoms with Gasteiger partial charge in [0.2, 0.25) is 0 Å². The van der Waals surface area contributed by atoms with Gasteiger partial charge in [-0.15, -0.1) is 0 Å². The van der Waals surface area contributed by atoms with Crippen LogP contribution in [0.2, 0.25) is 0 Å². The first kappa shape index (κ1) is 13.7. The van der Waals surface area contributed by atoms with Gasteiger partial charge >= 0.3 is 0 Å². The van der Waals surface area contributed by atoms with E-state index in [2.05, 4.69) is 17.3 Å². The van der Waals surface area contributed by atoms with E-state index in [-0.39, 0.29) is 5.91 Å². The molecule has 1 atom stereocenters. The fraction of sp³-hybridized carbons (Fsp3) is 0.667. The summed E-state index contributed by atoms with van der Waals surface area (Å²) in [7, 11) is 1.84. The largest absolute Gasteiger partial charge is 0.352 e. The third-order valence-corrected chi connectivity index (χ3v) is 3.01. The van der Waals surface area contributed by atoms with Crippen molar-refractivity contribution in [1.82, 2.24) is 15.1 Å². The van der Waals surface area contributed by atoms with E-state index in [4.69, 9.17) is 5.73 Å². The van der Waals surface area contributed by atoms with Crippen LogP contribution >= 0.6 is 0 Å². The number of nitrogens with two attached hydrogens (primary N) is 1. The summed E-state index contributed by atoms with van der Waals surface area (Å²) in [4.78, 5) is 12.0. The predicted octanol–water partition coefficient (Wildman–Crippen LogP) is 0.752. The monoisotopic (exact) mass is 238 g/mol. The molecular formula is C12H22N4O. The van der Waals surface area contributed by atoms with Gasteiger partial charge in [0.25, 0.3) is 5.91 Å². The third kappa shape index (κ3) is 3.30. The Kier molecular flexibility index (Phi) is 4.69. The first-order chi connectivity index (χ1) is 7.97. The number of hydrogen-bond donors (Lipinski definition) is 2. The number of hydrogen-bond acceptors (Lipinski definition) is 3. The minimum Gasteiger partial charge on any atom is -0.352 e. The van der Waals surface area contributed by atoms with Crippen molar-refractivity contribution in [2.75, 3.05) is 13.1 Å². The van der Waals surface area contributed by atoms with Crippen LogP contribution in [0.1, 0.15) is 35.1 Å². The average Bonchev–Trinajstić information content (AvgIpc) is 2.50. The topological polar surface area (TPSA) is 72.9 Å². The summed E-state index contributed by atoms with van der Waals surface area (Å²) in [6, 6.07) is 0. The Morgan fingerprint density at radius 3 is 2.65 bits per heavy atom. The minimum absolute atomic E-state index is 0.0445. The molecule has 0 aromatic carbocycles. The Bertz CT molecular complexity index is 397. The van der Waals surface area contributed by atoms with E-state index in [1.165, 1.54) is 0 Å². The molecule has 17 heavy (non-hydrogen) atoms. The first-order valence-electron chi connectivity index (χ1n) is 5.95. The Hall–Kier alpha value is -1.36. The fourth-order valence-corrected chi connectivity index (χ4v) is 1.84. The molecule has 1 aromatic rings. The summed E-state index contributed by atoms with van der Waals surface area (Å²) >= 11 is 0. The maximum absolute atomic E-state index is 12.0. The standard InChI is InChI=1S/C12H22N4O/c1-8(5-6-13)7-14-12(17)11-9(2)15-16(4)10(11)3/h8H,5-7,13H2,1-4H3,(H,14,17). The second-order valence-electron chi connectivity index (χ2n) is 4.56. The second-order valence-corrected chi connectivity index (χ2v) is 4.56. The summed E-state index contributed by atoms with van der Waals surface area (Å²) in [6.45, 7) is 7.14. The Labute approximate surface area is 102 Å². The molecule has 0 spiro atoms. The van der Waals surface area contributed by atoms with Crippen LogP contribution in [0.5, 0.6) is 0 Å². The van der Waals surface area contributed by atoms with Crippen LogP contribution in [-0.4, -0.2) is 28.8 Å². The highest BCUT2D eigenvalue weighted by Gasteiger charge is 2.17. The minimum atomic E-state index is -0.0445. The molecule has 1 heterocycles. The molecular weight excluding hydrogens is 216 g/mol. The van der Waals surface area contributed by atoms with Gasteiger partial charge in [-0.2, -0.15) is 5.10 Å². The Morgan fingerprint density at radius 1 is 1.53 bits per heavy atom. The Morgan fingerprint density at radius 2 is 2.18 bits per heavy atom. The van der Waals surface area contributed by atoms with E-state index in [1.54, 1.807) is 4.68 Å². The lowest BCUT2D eigenvalue weighted by Gasteiger charge is -2.11. The molecule has 1 unspecified atom stereocenters. The summed E-state index contributed by atoms with van der Waals surface area (Å²) < 4.78 is 1.73. The molecule has 1 aromatic heterocycles. The highest BCUT2D eigenvalue weighted by Crippen LogP contribution is 2.11. The van der Waals surface area contributed by atoms with Gasteiger partial charge in [0, 0.05) is 19.3 Å². The van der Waals surface area contributed by atoms with Crippen LogP contribution in [0.4, 0.5) is 0 Å². The van der Waals surface area contributed by atoms with Crippen LogP contribution in [0, 0.1) is 19.8 Å². The number of rotatable bonds is 5. The predicted molar refractivity (Wildman–Crippen MR) is 67.9 cm³/mol. The molecule has 0 bridgehead atoms. The summed E-state index contributed by atoms with van der Waals surface area (Å²) in [5.41, 5.74) is 7.83. The quantitative estimate of drug-likeness (QED) is 0.795. The molecule has 0 saturated heterocycles. The fourth-order valence-electron chi connectivity index (χ4n) is 1.84. The van der Waals surface area contributed by atoms with Crippen molar-refractivity contribution >= 4 is 5.91 Å². The summed E-state index contributed by atoms with van der Waals surface area (Å²) in [5.74, 6) is 0.359. The van der Waals surface area contributed by atoms with Crippen LogP contribution in [0.15, 0.2) is 0 Å². The van der Waals surface area contributed by atoms with E-state index >= 15 is 0 Å². The van der Waals surface area contributed by atoms with Crippen LogP contribution in [0.25, 0.3) is 0 Å². The van der Waals surface area contributed by atoms with E-state index in [0.29, 0.717) is 24.6 Å². The van der Waals surface area contributed by atoms with Crippen molar-refractivity contribution in [2.24, 2.45) is 18.7 Å². The van der Waals surface area contributed by atoms with Crippen molar-refractivity contribution in [3.63, 3.8) is 0 Å². The van der Waals surface area contributed by atoms with Gasteiger partial charge in [0.15, 0.2) is 0 Å². The zero-order chi connectivity index (χ0) is 13.0. The van der Waals surface area contributed by atoms with Gasteiger partial charge in [-0.25, -0.2) is 0 Å². The number of amides is 1. The molecule has 96 valence electrons. The zero-order valence-electron chi connectivity index (χ0n) is 11.1. The molecule has 0 radical (unpaired) electrons. The molecule has 0 fully saturated rings. The first-order valence-corrected chi connectivity index (χ1v) is 5.95. The summed E-state index contributed by atoms with van der Waals surface area (Å²) in [6.07, 6.45) is 0.922. The van der Waals surface area contributed by atoms with Gasteiger partial charge in [-0.05, 0) is 32.7 Å². The number of nitrogens with one attached hydrogen (secondary N) is 1. The van der Waals surface area contributed by atoms with Crippen molar-refractivity contribution in [2.45, 2.75) is 27.2 Å². The second kappa shape index (κ2) is 5.82. The molecule has 3 N–H and O–H groups in total. The summed E-state index contributed by atoms with van der Waals surface area (Å²) in [5, 5.41) is 7.16. The molecule has 0 saturated carbocycles.